The van der Waals surface area contributed by atoms with Gasteiger partial charge in [0.05, 0.1) is 10.5 Å². The zero-order valence-electron chi connectivity index (χ0n) is 17.0. The van der Waals surface area contributed by atoms with Crippen LogP contribution in [0.15, 0.2) is 59.5 Å². The Morgan fingerprint density at radius 2 is 1.97 bits per heavy atom. The molecular weight excluding hydrogens is 430 g/mol. The molecule has 0 unspecified atom stereocenters. The predicted molar refractivity (Wildman–Crippen MR) is 121 cm³/mol. The highest BCUT2D eigenvalue weighted by molar-refractivity contribution is 7.90. The molecule has 0 bridgehead atoms. The van der Waals surface area contributed by atoms with E-state index in [-0.39, 0.29) is 10.5 Å². The maximum atomic E-state index is 12.8. The summed E-state index contributed by atoms with van der Waals surface area (Å²) in [5.74, 6) is -0.429. The van der Waals surface area contributed by atoms with Gasteiger partial charge in [0.2, 0.25) is 0 Å². The van der Waals surface area contributed by atoms with Crippen molar-refractivity contribution in [2.24, 2.45) is 0 Å². The molecule has 0 radical (unpaired) electrons. The first-order chi connectivity index (χ1) is 14.8. The third-order valence-corrected chi connectivity index (χ3v) is 7.49. The van der Waals surface area contributed by atoms with Crippen LogP contribution < -0.4 is 5.32 Å². The molecule has 3 aromatic rings. The van der Waals surface area contributed by atoms with E-state index in [1.165, 1.54) is 35.1 Å². The molecule has 0 saturated heterocycles. The third-order valence-electron chi connectivity index (χ3n) is 5.25. The van der Waals surface area contributed by atoms with Crippen LogP contribution in [-0.4, -0.2) is 32.0 Å². The fraction of sp³-hybridized carbons (Fsp3) is 0.217. The second-order valence-electron chi connectivity index (χ2n) is 7.52. The molecule has 0 spiro atoms. The van der Waals surface area contributed by atoms with Crippen LogP contribution in [0.4, 0.5) is 5.00 Å². The van der Waals surface area contributed by atoms with Crippen LogP contribution in [0.1, 0.15) is 31.9 Å². The monoisotopic (exact) mass is 451 g/mol. The molecule has 6 nitrogen and oxygen atoms in total. The number of benzene rings is 2. The molecule has 2 heterocycles. The summed E-state index contributed by atoms with van der Waals surface area (Å²) in [6.07, 6.45) is 1.85. The smallest absolute Gasteiger partial charge is 0.256 e. The van der Waals surface area contributed by atoms with Gasteiger partial charge in [0, 0.05) is 36.3 Å². The van der Waals surface area contributed by atoms with Crippen LogP contribution in [0, 0.1) is 11.3 Å². The lowest BCUT2D eigenvalue weighted by molar-refractivity contribution is 0.102. The molecular formula is C23H21N3O3S2. The SMILES string of the molecule is CS(=O)(=O)c1cccc(C(=O)Nc2sc3c(c2C#N)CCN(Cc2ccccc2)C3)c1. The van der Waals surface area contributed by atoms with Crippen molar-refractivity contribution in [3.63, 3.8) is 0 Å². The number of thiophene rings is 1. The number of carbonyl (C=O) groups is 1. The molecule has 0 fully saturated rings. The van der Waals surface area contributed by atoms with Gasteiger partial charge in [-0.2, -0.15) is 5.26 Å². The van der Waals surface area contributed by atoms with E-state index in [4.69, 9.17) is 0 Å². The summed E-state index contributed by atoms with van der Waals surface area (Å²) in [6.45, 7) is 2.40. The number of nitrogens with one attached hydrogen (secondary N) is 1. The molecule has 31 heavy (non-hydrogen) atoms. The molecule has 1 amide bonds. The first-order valence-electron chi connectivity index (χ1n) is 9.77. The molecule has 0 atom stereocenters. The summed E-state index contributed by atoms with van der Waals surface area (Å²) in [5.41, 5.74) is 2.98. The Morgan fingerprint density at radius 1 is 1.19 bits per heavy atom. The molecule has 2 aromatic carbocycles. The lowest BCUT2D eigenvalue weighted by Crippen LogP contribution is -2.29. The molecule has 1 aliphatic heterocycles. The van der Waals surface area contributed by atoms with Gasteiger partial charge in [-0.3, -0.25) is 9.69 Å². The lowest BCUT2D eigenvalue weighted by atomic mass is 10.0. The Hall–Kier alpha value is -2.99. The van der Waals surface area contributed by atoms with Gasteiger partial charge in [-0.25, -0.2) is 8.42 Å². The Kier molecular flexibility index (Phi) is 5.92. The van der Waals surface area contributed by atoms with Crippen molar-refractivity contribution in [1.29, 1.82) is 5.26 Å². The fourth-order valence-electron chi connectivity index (χ4n) is 3.68. The minimum Gasteiger partial charge on any atom is -0.312 e. The minimum atomic E-state index is -3.41. The predicted octanol–water partition coefficient (Wildman–Crippen LogP) is 3.83. The van der Waals surface area contributed by atoms with Gasteiger partial charge in [-0.1, -0.05) is 36.4 Å². The standard InChI is InChI=1S/C23H21N3O3S2/c1-31(28,29)18-9-5-8-17(12-18)22(27)25-23-20(13-24)19-10-11-26(15-21(19)30-23)14-16-6-3-2-4-7-16/h2-9,12H,10-11,14-15H2,1H3,(H,25,27). The normalized spacial score (nSPS) is 13.9. The Balaban J connectivity index is 1.54. The van der Waals surface area contributed by atoms with E-state index in [2.05, 4.69) is 28.4 Å². The number of nitrogens with zero attached hydrogens (tertiary/aromatic N) is 2. The summed E-state index contributed by atoms with van der Waals surface area (Å²) in [6, 6.07) is 18.4. The third kappa shape index (κ3) is 4.69. The van der Waals surface area contributed by atoms with E-state index in [1.54, 1.807) is 6.07 Å². The highest BCUT2D eigenvalue weighted by Gasteiger charge is 2.25. The molecule has 8 heteroatoms. The molecule has 0 aliphatic carbocycles. The summed E-state index contributed by atoms with van der Waals surface area (Å²) in [5, 5.41) is 13.1. The van der Waals surface area contributed by atoms with E-state index in [0.717, 1.165) is 42.8 Å². The highest BCUT2D eigenvalue weighted by Crippen LogP contribution is 2.37. The van der Waals surface area contributed by atoms with Crippen molar-refractivity contribution in [3.05, 3.63) is 81.7 Å². The van der Waals surface area contributed by atoms with Gasteiger partial charge < -0.3 is 5.32 Å². The van der Waals surface area contributed by atoms with Crippen LogP contribution in [0.3, 0.4) is 0 Å². The van der Waals surface area contributed by atoms with Crippen LogP contribution in [-0.2, 0) is 29.3 Å². The van der Waals surface area contributed by atoms with E-state index in [9.17, 15) is 18.5 Å². The summed E-state index contributed by atoms with van der Waals surface area (Å²) < 4.78 is 23.6. The largest absolute Gasteiger partial charge is 0.312 e. The average Bonchev–Trinajstić information content (AvgIpc) is 3.10. The van der Waals surface area contributed by atoms with Crippen molar-refractivity contribution in [2.45, 2.75) is 24.4 Å². The number of sulfone groups is 1. The van der Waals surface area contributed by atoms with Crippen molar-refractivity contribution in [2.75, 3.05) is 18.1 Å². The maximum absolute atomic E-state index is 12.8. The van der Waals surface area contributed by atoms with Gasteiger partial charge in [0.15, 0.2) is 9.84 Å². The number of hydrogen-bond acceptors (Lipinski definition) is 6. The number of nitriles is 1. The molecule has 1 N–H and O–H groups in total. The summed E-state index contributed by atoms with van der Waals surface area (Å²) >= 11 is 1.42. The van der Waals surface area contributed by atoms with Crippen molar-refractivity contribution in [3.8, 4) is 6.07 Å². The second-order valence-corrected chi connectivity index (χ2v) is 10.6. The van der Waals surface area contributed by atoms with E-state index in [1.807, 2.05) is 18.2 Å². The van der Waals surface area contributed by atoms with Crippen molar-refractivity contribution < 1.29 is 13.2 Å². The Morgan fingerprint density at radius 3 is 2.68 bits per heavy atom. The molecule has 4 rings (SSSR count). The van der Waals surface area contributed by atoms with Gasteiger partial charge in [-0.15, -0.1) is 11.3 Å². The second kappa shape index (κ2) is 8.63. The molecule has 1 aliphatic rings. The van der Waals surface area contributed by atoms with E-state index < -0.39 is 15.7 Å². The van der Waals surface area contributed by atoms with Gasteiger partial charge >= 0.3 is 0 Å². The van der Waals surface area contributed by atoms with E-state index >= 15 is 0 Å². The average molecular weight is 452 g/mol. The number of rotatable bonds is 5. The Bertz CT molecular complexity index is 1280. The summed E-state index contributed by atoms with van der Waals surface area (Å²) in [4.78, 5) is 16.3. The van der Waals surface area contributed by atoms with Crippen LogP contribution in [0.5, 0.6) is 0 Å². The van der Waals surface area contributed by atoms with Gasteiger partial charge in [0.1, 0.15) is 11.1 Å². The molecule has 158 valence electrons. The summed E-state index contributed by atoms with van der Waals surface area (Å²) in [7, 11) is -3.41. The van der Waals surface area contributed by atoms with Gasteiger partial charge in [0.25, 0.3) is 5.91 Å². The lowest BCUT2D eigenvalue weighted by Gasteiger charge is -2.26. The number of fused-ring (bicyclic) bond motifs is 1. The molecule has 1 aromatic heterocycles. The quantitative estimate of drug-likeness (QED) is 0.637. The van der Waals surface area contributed by atoms with E-state index in [0.29, 0.717) is 10.6 Å². The Labute approximate surface area is 185 Å². The van der Waals surface area contributed by atoms with Crippen molar-refractivity contribution >= 4 is 32.1 Å². The highest BCUT2D eigenvalue weighted by atomic mass is 32.2. The first-order valence-corrected chi connectivity index (χ1v) is 12.5. The van der Waals surface area contributed by atoms with Crippen LogP contribution >= 0.6 is 11.3 Å². The van der Waals surface area contributed by atoms with Crippen LogP contribution in [0.2, 0.25) is 0 Å². The molecule has 0 saturated carbocycles. The zero-order chi connectivity index (χ0) is 22.0. The topological polar surface area (TPSA) is 90.3 Å². The number of hydrogen-bond donors (Lipinski definition) is 1. The fourth-order valence-corrected chi connectivity index (χ4v) is 5.58. The van der Waals surface area contributed by atoms with Crippen LogP contribution in [0.25, 0.3) is 0 Å². The number of anilines is 1. The number of amides is 1. The maximum Gasteiger partial charge on any atom is 0.256 e. The first kappa shape index (κ1) is 21.2. The minimum absolute atomic E-state index is 0.0858. The van der Waals surface area contributed by atoms with Gasteiger partial charge in [-0.05, 0) is 35.7 Å². The van der Waals surface area contributed by atoms with Crippen molar-refractivity contribution in [1.82, 2.24) is 4.90 Å². The zero-order valence-corrected chi connectivity index (χ0v) is 18.6. The number of carbonyl (C=O) groups excluding carboxylic acids is 1.